The molecule has 4 nitrogen and oxygen atoms in total. The van der Waals surface area contributed by atoms with Gasteiger partial charge in [-0.3, -0.25) is 4.79 Å². The van der Waals surface area contributed by atoms with Crippen LogP contribution in [0.1, 0.15) is 17.9 Å². The summed E-state index contributed by atoms with van der Waals surface area (Å²) in [6.07, 6.45) is 2.63. The molecular weight excluding hydrogens is 295 g/mol. The fourth-order valence-corrected chi connectivity index (χ4v) is 3.05. The minimum absolute atomic E-state index is 0.0235. The second-order valence-electron chi connectivity index (χ2n) is 5.82. The van der Waals surface area contributed by atoms with Gasteiger partial charge in [0.05, 0.1) is 30.4 Å². The Morgan fingerprint density at radius 2 is 2.04 bits per heavy atom. The van der Waals surface area contributed by atoms with Gasteiger partial charge in [-0.05, 0) is 54.3 Å². The Morgan fingerprint density at radius 3 is 2.78 bits per heavy atom. The van der Waals surface area contributed by atoms with Crippen LogP contribution in [0.4, 0.5) is 4.39 Å². The molecule has 1 aliphatic rings. The van der Waals surface area contributed by atoms with Gasteiger partial charge >= 0.3 is 5.97 Å². The number of methoxy groups -OCH3 is 1. The highest BCUT2D eigenvalue weighted by Crippen LogP contribution is 2.48. The molecule has 1 saturated carbocycles. The third-order valence-corrected chi connectivity index (χ3v) is 4.39. The Labute approximate surface area is 132 Å². The van der Waals surface area contributed by atoms with Crippen molar-refractivity contribution in [3.05, 3.63) is 60.0 Å². The molecule has 1 fully saturated rings. The fourth-order valence-electron chi connectivity index (χ4n) is 3.05. The molecule has 1 aromatic heterocycles. The number of halogens is 1. The van der Waals surface area contributed by atoms with Gasteiger partial charge in [0.1, 0.15) is 5.82 Å². The van der Waals surface area contributed by atoms with Crippen molar-refractivity contribution in [2.75, 3.05) is 7.11 Å². The maximum absolute atomic E-state index is 13.1. The summed E-state index contributed by atoms with van der Waals surface area (Å²) in [5.74, 6) is -0.196. The molecule has 5 heteroatoms. The summed E-state index contributed by atoms with van der Waals surface area (Å²) in [4.78, 5) is 11.6. The van der Waals surface area contributed by atoms with Crippen molar-refractivity contribution in [2.24, 2.45) is 5.92 Å². The van der Waals surface area contributed by atoms with Crippen LogP contribution in [0.15, 0.2) is 48.7 Å². The lowest BCUT2D eigenvalue weighted by Gasteiger charge is -2.05. The predicted molar refractivity (Wildman–Crippen MR) is 83.9 cm³/mol. The van der Waals surface area contributed by atoms with E-state index in [1.807, 2.05) is 12.1 Å². The zero-order valence-corrected chi connectivity index (χ0v) is 12.6. The smallest absolute Gasteiger partial charge is 0.309 e. The lowest BCUT2D eigenvalue weighted by atomic mass is 10.1. The normalized spacial score (nSPS) is 19.7. The fraction of sp³-hybridized carbons (Fsp3) is 0.222. The summed E-state index contributed by atoms with van der Waals surface area (Å²) < 4.78 is 19.6. The quantitative estimate of drug-likeness (QED) is 0.696. The highest BCUT2D eigenvalue weighted by atomic mass is 19.1. The van der Waals surface area contributed by atoms with Crippen LogP contribution in [-0.4, -0.2) is 22.9 Å². The molecule has 0 amide bonds. The van der Waals surface area contributed by atoms with Gasteiger partial charge in [0.25, 0.3) is 0 Å². The van der Waals surface area contributed by atoms with Gasteiger partial charge in [0.2, 0.25) is 0 Å². The number of fused-ring (bicyclic) bond motifs is 1. The molecule has 0 N–H and O–H groups in total. The standard InChI is InChI=1S/C18H15FN2O2/c1-23-18(22)16-9-15(16)11-2-7-17-12(8-11)10-20-21(17)14-5-3-13(19)4-6-14/h2-8,10,15-16H,9H2,1H3. The van der Waals surface area contributed by atoms with Crippen LogP contribution in [0.3, 0.4) is 0 Å². The highest BCUT2D eigenvalue weighted by molar-refractivity contribution is 5.82. The zero-order chi connectivity index (χ0) is 16.0. The largest absolute Gasteiger partial charge is 0.469 e. The molecular formula is C18H15FN2O2. The van der Waals surface area contributed by atoms with E-state index in [0.717, 1.165) is 28.6 Å². The van der Waals surface area contributed by atoms with Crippen molar-refractivity contribution >= 4 is 16.9 Å². The Hall–Kier alpha value is -2.69. The van der Waals surface area contributed by atoms with Crippen molar-refractivity contribution in [3.63, 3.8) is 0 Å². The summed E-state index contributed by atoms with van der Waals surface area (Å²) in [6.45, 7) is 0. The number of hydrogen-bond donors (Lipinski definition) is 0. The molecule has 1 heterocycles. The maximum atomic E-state index is 13.1. The molecule has 116 valence electrons. The number of aromatic nitrogens is 2. The second-order valence-corrected chi connectivity index (χ2v) is 5.82. The van der Waals surface area contributed by atoms with E-state index in [4.69, 9.17) is 4.74 Å². The summed E-state index contributed by atoms with van der Waals surface area (Å²) in [7, 11) is 1.42. The Balaban J connectivity index is 1.67. The number of hydrogen-bond acceptors (Lipinski definition) is 3. The third-order valence-electron chi connectivity index (χ3n) is 4.39. The number of rotatable bonds is 3. The number of carbonyl (C=O) groups excluding carboxylic acids is 1. The first-order valence-electron chi connectivity index (χ1n) is 7.49. The van der Waals surface area contributed by atoms with Gasteiger partial charge in [0, 0.05) is 5.39 Å². The first kappa shape index (κ1) is 13.9. The molecule has 1 aliphatic carbocycles. The van der Waals surface area contributed by atoms with Gasteiger partial charge in [0.15, 0.2) is 0 Å². The molecule has 0 bridgehead atoms. The summed E-state index contributed by atoms with van der Waals surface area (Å²) >= 11 is 0. The molecule has 3 aromatic rings. The SMILES string of the molecule is COC(=O)C1CC1c1ccc2c(cnn2-c2ccc(F)cc2)c1. The molecule has 0 saturated heterocycles. The van der Waals surface area contributed by atoms with E-state index >= 15 is 0 Å². The third kappa shape index (κ3) is 2.38. The van der Waals surface area contributed by atoms with Gasteiger partial charge in [-0.15, -0.1) is 0 Å². The lowest BCUT2D eigenvalue weighted by Crippen LogP contribution is -2.03. The summed E-state index contributed by atoms with van der Waals surface area (Å²) in [5.41, 5.74) is 2.90. The first-order chi connectivity index (χ1) is 11.2. The van der Waals surface area contributed by atoms with E-state index in [0.29, 0.717) is 0 Å². The summed E-state index contributed by atoms with van der Waals surface area (Å²) in [5, 5.41) is 5.39. The number of benzene rings is 2. The minimum atomic E-state index is -0.268. The zero-order valence-electron chi connectivity index (χ0n) is 12.6. The molecule has 0 aliphatic heterocycles. The Morgan fingerprint density at radius 1 is 1.26 bits per heavy atom. The Bertz CT molecular complexity index is 886. The van der Waals surface area contributed by atoms with Crippen molar-refractivity contribution in [1.29, 1.82) is 0 Å². The molecule has 0 spiro atoms. The molecule has 2 aromatic carbocycles. The molecule has 2 unspecified atom stereocenters. The van der Waals surface area contributed by atoms with Gasteiger partial charge < -0.3 is 4.74 Å². The van der Waals surface area contributed by atoms with E-state index in [1.54, 1.807) is 23.0 Å². The van der Waals surface area contributed by atoms with E-state index < -0.39 is 0 Å². The van der Waals surface area contributed by atoms with Crippen molar-refractivity contribution in [2.45, 2.75) is 12.3 Å². The lowest BCUT2D eigenvalue weighted by molar-refractivity contribution is -0.142. The number of esters is 1. The van der Waals surface area contributed by atoms with Crippen LogP contribution < -0.4 is 0 Å². The van der Waals surface area contributed by atoms with Gasteiger partial charge in [-0.1, -0.05) is 6.07 Å². The topological polar surface area (TPSA) is 44.1 Å². The molecule has 0 radical (unpaired) electrons. The van der Waals surface area contributed by atoms with E-state index in [2.05, 4.69) is 11.2 Å². The summed E-state index contributed by atoms with van der Waals surface area (Å²) in [6, 6.07) is 12.3. The molecule has 23 heavy (non-hydrogen) atoms. The minimum Gasteiger partial charge on any atom is -0.469 e. The first-order valence-corrected chi connectivity index (χ1v) is 7.49. The monoisotopic (exact) mass is 310 g/mol. The van der Waals surface area contributed by atoms with Gasteiger partial charge in [-0.2, -0.15) is 5.10 Å². The number of carbonyl (C=O) groups is 1. The van der Waals surface area contributed by atoms with Crippen molar-refractivity contribution in [1.82, 2.24) is 9.78 Å². The van der Waals surface area contributed by atoms with Crippen LogP contribution in [0.5, 0.6) is 0 Å². The van der Waals surface area contributed by atoms with Crippen LogP contribution in [0.2, 0.25) is 0 Å². The van der Waals surface area contributed by atoms with Crippen LogP contribution in [-0.2, 0) is 9.53 Å². The van der Waals surface area contributed by atoms with E-state index in [-0.39, 0.29) is 23.6 Å². The average Bonchev–Trinajstić information content (AvgIpc) is 3.27. The molecule has 4 rings (SSSR count). The predicted octanol–water partition coefficient (Wildman–Crippen LogP) is 3.44. The van der Waals surface area contributed by atoms with E-state index in [9.17, 15) is 9.18 Å². The maximum Gasteiger partial charge on any atom is 0.309 e. The van der Waals surface area contributed by atoms with Crippen LogP contribution in [0, 0.1) is 11.7 Å². The van der Waals surface area contributed by atoms with E-state index in [1.165, 1.54) is 19.2 Å². The number of nitrogens with zero attached hydrogens (tertiary/aromatic N) is 2. The van der Waals surface area contributed by atoms with Crippen LogP contribution in [0.25, 0.3) is 16.6 Å². The van der Waals surface area contributed by atoms with Crippen molar-refractivity contribution < 1.29 is 13.9 Å². The average molecular weight is 310 g/mol. The highest BCUT2D eigenvalue weighted by Gasteiger charge is 2.44. The van der Waals surface area contributed by atoms with Crippen LogP contribution >= 0.6 is 0 Å². The van der Waals surface area contributed by atoms with Gasteiger partial charge in [-0.25, -0.2) is 9.07 Å². The van der Waals surface area contributed by atoms with Crippen molar-refractivity contribution in [3.8, 4) is 5.69 Å². The molecule has 2 atom stereocenters. The number of ether oxygens (including phenoxy) is 1. The second kappa shape index (κ2) is 5.19. The Kier molecular flexibility index (Phi) is 3.15.